The molecule has 0 amide bonds. The molecule has 0 saturated carbocycles. The zero-order valence-electron chi connectivity index (χ0n) is 9.19. The summed E-state index contributed by atoms with van der Waals surface area (Å²) >= 11 is 0. The Bertz CT molecular complexity index is 530. The number of nitrogens with zero attached hydrogens (tertiary/aromatic N) is 1. The number of benzene rings is 1. The van der Waals surface area contributed by atoms with Crippen molar-refractivity contribution in [2.24, 2.45) is 11.7 Å². The van der Waals surface area contributed by atoms with E-state index in [1.807, 2.05) is 12.1 Å². The lowest BCUT2D eigenvalue weighted by Crippen LogP contribution is -2.24. The highest BCUT2D eigenvalue weighted by Crippen LogP contribution is 2.29. The molecule has 1 aromatic heterocycles. The second kappa shape index (κ2) is 3.52. The first-order valence-electron chi connectivity index (χ1n) is 5.79. The highest BCUT2D eigenvalue weighted by Gasteiger charge is 2.19. The first-order chi connectivity index (χ1) is 7.78. The van der Waals surface area contributed by atoms with Gasteiger partial charge in [-0.2, -0.15) is 0 Å². The number of aromatic hydroxyl groups is 1. The minimum atomic E-state index is 0.342. The van der Waals surface area contributed by atoms with Crippen LogP contribution in [0, 0.1) is 5.92 Å². The monoisotopic (exact) mass is 216 g/mol. The summed E-state index contributed by atoms with van der Waals surface area (Å²) in [5, 5.41) is 10.7. The highest BCUT2D eigenvalue weighted by atomic mass is 16.3. The van der Waals surface area contributed by atoms with Crippen molar-refractivity contribution in [1.82, 2.24) is 4.57 Å². The van der Waals surface area contributed by atoms with Crippen LogP contribution in [-0.2, 0) is 13.0 Å². The number of hydrogen-bond donors (Lipinski definition) is 2. The van der Waals surface area contributed by atoms with Gasteiger partial charge in [-0.1, -0.05) is 0 Å². The van der Waals surface area contributed by atoms with Crippen molar-refractivity contribution in [3.63, 3.8) is 0 Å². The summed E-state index contributed by atoms with van der Waals surface area (Å²) in [5.74, 6) is 0.958. The fourth-order valence-electron chi connectivity index (χ4n) is 2.64. The average molecular weight is 216 g/mol. The Kier molecular flexibility index (Phi) is 2.14. The quantitative estimate of drug-likeness (QED) is 0.764. The molecule has 1 unspecified atom stereocenters. The number of fused-ring (bicyclic) bond motifs is 3. The molecule has 0 fully saturated rings. The lowest BCUT2D eigenvalue weighted by atomic mass is 9.96. The Hall–Kier alpha value is -1.48. The Morgan fingerprint density at radius 2 is 2.25 bits per heavy atom. The molecule has 0 aliphatic carbocycles. The molecule has 0 radical (unpaired) electrons. The molecule has 1 atom stereocenters. The van der Waals surface area contributed by atoms with Gasteiger partial charge in [0.05, 0.1) is 5.52 Å². The number of hydrogen-bond acceptors (Lipinski definition) is 2. The van der Waals surface area contributed by atoms with E-state index in [9.17, 15) is 5.11 Å². The lowest BCUT2D eigenvalue weighted by molar-refractivity contribution is 0.402. The molecule has 0 saturated heterocycles. The molecule has 1 aromatic carbocycles. The van der Waals surface area contributed by atoms with Crippen molar-refractivity contribution in [1.29, 1.82) is 0 Å². The molecular formula is C13H16N2O. The summed E-state index contributed by atoms with van der Waals surface area (Å²) in [6, 6.07) is 7.79. The predicted molar refractivity (Wildman–Crippen MR) is 64.5 cm³/mol. The van der Waals surface area contributed by atoms with E-state index >= 15 is 0 Å². The van der Waals surface area contributed by atoms with Gasteiger partial charge in [0, 0.05) is 23.7 Å². The van der Waals surface area contributed by atoms with E-state index in [4.69, 9.17) is 5.73 Å². The first kappa shape index (κ1) is 9.73. The molecule has 1 aliphatic heterocycles. The molecule has 3 rings (SSSR count). The van der Waals surface area contributed by atoms with Gasteiger partial charge in [-0.05, 0) is 43.5 Å². The van der Waals surface area contributed by atoms with E-state index in [1.54, 1.807) is 6.07 Å². The maximum absolute atomic E-state index is 9.52. The van der Waals surface area contributed by atoms with E-state index in [1.165, 1.54) is 11.1 Å². The normalized spacial score (nSPS) is 19.9. The maximum Gasteiger partial charge on any atom is 0.117 e. The zero-order chi connectivity index (χ0) is 11.1. The Morgan fingerprint density at radius 1 is 1.38 bits per heavy atom. The standard InChI is InChI=1S/C13H16N2O/c14-8-9-3-4-15-11(5-9)6-10-1-2-12(16)7-13(10)15/h1-2,6-7,9,16H,3-5,8,14H2. The molecule has 3 nitrogen and oxygen atoms in total. The second-order valence-corrected chi connectivity index (χ2v) is 4.62. The van der Waals surface area contributed by atoms with E-state index in [2.05, 4.69) is 10.6 Å². The van der Waals surface area contributed by atoms with Crippen LogP contribution in [0.15, 0.2) is 24.3 Å². The minimum Gasteiger partial charge on any atom is -0.508 e. The molecule has 3 heteroatoms. The number of rotatable bonds is 1. The molecule has 1 aliphatic rings. The van der Waals surface area contributed by atoms with Gasteiger partial charge in [-0.15, -0.1) is 0 Å². The third-order valence-corrected chi connectivity index (χ3v) is 3.57. The number of nitrogens with two attached hydrogens (primary N) is 1. The minimum absolute atomic E-state index is 0.342. The van der Waals surface area contributed by atoms with E-state index < -0.39 is 0 Å². The highest BCUT2D eigenvalue weighted by molar-refractivity contribution is 5.82. The smallest absolute Gasteiger partial charge is 0.117 e. The van der Waals surface area contributed by atoms with E-state index in [0.717, 1.165) is 31.4 Å². The molecular weight excluding hydrogens is 200 g/mol. The Morgan fingerprint density at radius 3 is 3.06 bits per heavy atom. The summed E-state index contributed by atoms with van der Waals surface area (Å²) < 4.78 is 2.31. The van der Waals surface area contributed by atoms with Crippen LogP contribution in [0.2, 0.25) is 0 Å². The second-order valence-electron chi connectivity index (χ2n) is 4.62. The van der Waals surface area contributed by atoms with E-state index in [0.29, 0.717) is 11.7 Å². The van der Waals surface area contributed by atoms with Crippen molar-refractivity contribution in [2.75, 3.05) is 6.54 Å². The van der Waals surface area contributed by atoms with Crippen molar-refractivity contribution in [3.05, 3.63) is 30.0 Å². The van der Waals surface area contributed by atoms with Gasteiger partial charge in [0.1, 0.15) is 5.75 Å². The Balaban J connectivity index is 2.13. The van der Waals surface area contributed by atoms with Crippen molar-refractivity contribution < 1.29 is 5.11 Å². The average Bonchev–Trinajstić information content (AvgIpc) is 2.66. The molecule has 2 aromatic rings. The zero-order valence-corrected chi connectivity index (χ0v) is 9.19. The van der Waals surface area contributed by atoms with Gasteiger partial charge in [-0.25, -0.2) is 0 Å². The first-order valence-corrected chi connectivity index (χ1v) is 5.79. The topological polar surface area (TPSA) is 51.2 Å². The Labute approximate surface area is 94.5 Å². The molecule has 84 valence electrons. The third-order valence-electron chi connectivity index (χ3n) is 3.57. The van der Waals surface area contributed by atoms with Crippen LogP contribution >= 0.6 is 0 Å². The van der Waals surface area contributed by atoms with Gasteiger partial charge >= 0.3 is 0 Å². The van der Waals surface area contributed by atoms with Gasteiger partial charge in [0.2, 0.25) is 0 Å². The van der Waals surface area contributed by atoms with Crippen molar-refractivity contribution in [2.45, 2.75) is 19.4 Å². The summed E-state index contributed by atoms with van der Waals surface area (Å²) in [6.45, 7) is 1.79. The number of phenols is 1. The van der Waals surface area contributed by atoms with Gasteiger partial charge in [0.25, 0.3) is 0 Å². The van der Waals surface area contributed by atoms with E-state index in [-0.39, 0.29) is 0 Å². The summed E-state index contributed by atoms with van der Waals surface area (Å²) in [7, 11) is 0. The predicted octanol–water partition coefficient (Wildman–Crippen LogP) is 1.87. The van der Waals surface area contributed by atoms with Crippen LogP contribution in [0.25, 0.3) is 10.9 Å². The molecule has 2 heterocycles. The van der Waals surface area contributed by atoms with Crippen molar-refractivity contribution in [3.8, 4) is 5.75 Å². The number of aryl methyl sites for hydroxylation is 1. The number of phenolic OH excluding ortho intramolecular Hbond substituents is 1. The van der Waals surface area contributed by atoms with Crippen molar-refractivity contribution >= 4 is 10.9 Å². The maximum atomic E-state index is 9.52. The fourth-order valence-corrected chi connectivity index (χ4v) is 2.64. The summed E-state index contributed by atoms with van der Waals surface area (Å²) in [4.78, 5) is 0. The van der Waals surface area contributed by atoms with Crippen LogP contribution in [-0.4, -0.2) is 16.2 Å². The van der Waals surface area contributed by atoms with Crippen LogP contribution in [0.3, 0.4) is 0 Å². The lowest BCUT2D eigenvalue weighted by Gasteiger charge is -2.23. The molecule has 3 N–H and O–H groups in total. The largest absolute Gasteiger partial charge is 0.508 e. The van der Waals surface area contributed by atoms with Gasteiger partial charge in [0.15, 0.2) is 0 Å². The fraction of sp³-hybridized carbons (Fsp3) is 0.385. The number of aromatic nitrogens is 1. The SMILES string of the molecule is NCC1CCn2c(cc3ccc(O)cc32)C1. The molecule has 16 heavy (non-hydrogen) atoms. The molecule has 0 spiro atoms. The van der Waals surface area contributed by atoms with Crippen LogP contribution in [0.4, 0.5) is 0 Å². The third kappa shape index (κ3) is 1.39. The molecule has 0 bridgehead atoms. The van der Waals surface area contributed by atoms with Crippen LogP contribution < -0.4 is 5.73 Å². The summed E-state index contributed by atoms with van der Waals surface area (Å²) in [5.41, 5.74) is 8.22. The van der Waals surface area contributed by atoms with Gasteiger partial charge < -0.3 is 15.4 Å². The van der Waals surface area contributed by atoms with Gasteiger partial charge in [-0.3, -0.25) is 0 Å². The van der Waals surface area contributed by atoms with Crippen LogP contribution in [0.5, 0.6) is 5.75 Å². The van der Waals surface area contributed by atoms with Crippen LogP contribution in [0.1, 0.15) is 12.1 Å². The summed E-state index contributed by atoms with van der Waals surface area (Å²) in [6.07, 6.45) is 2.20.